The maximum Gasteiger partial charge on any atom is 0.246 e. The lowest BCUT2D eigenvalue weighted by molar-refractivity contribution is -0.116. The van der Waals surface area contributed by atoms with Gasteiger partial charge in [0.05, 0.1) is 0 Å². The summed E-state index contributed by atoms with van der Waals surface area (Å²) < 4.78 is 18.4. The van der Waals surface area contributed by atoms with Crippen molar-refractivity contribution >= 4 is 23.8 Å². The van der Waals surface area contributed by atoms with Gasteiger partial charge in [-0.1, -0.05) is 6.92 Å². The van der Waals surface area contributed by atoms with E-state index < -0.39 is 0 Å². The van der Waals surface area contributed by atoms with E-state index in [0.29, 0.717) is 16.9 Å². The lowest BCUT2D eigenvalue weighted by Gasteiger charge is -2.06. The van der Waals surface area contributed by atoms with Crippen LogP contribution in [0.4, 0.5) is 10.1 Å². The normalized spacial score (nSPS) is 10.8. The molecule has 0 bridgehead atoms. The van der Waals surface area contributed by atoms with Gasteiger partial charge in [0.25, 0.3) is 0 Å². The Labute approximate surface area is 143 Å². The summed E-state index contributed by atoms with van der Waals surface area (Å²) in [6.45, 7) is 1.96. The molecule has 124 valence electrons. The minimum absolute atomic E-state index is 0.0164. The van der Waals surface area contributed by atoms with E-state index in [1.165, 1.54) is 28.9 Å². The molecule has 6 nitrogen and oxygen atoms in total. The number of nitrogens with zero attached hydrogens (tertiary/aromatic N) is 4. The molecule has 8 heteroatoms. The molecule has 0 fully saturated rings. The Morgan fingerprint density at radius 1 is 1.25 bits per heavy atom. The maximum absolute atomic E-state index is 12.9. The molecule has 0 aliphatic rings. The molecule has 1 N–H and O–H groups in total. The number of carbonyl (C=O) groups excluding carboxylic acids is 1. The smallest absolute Gasteiger partial charge is 0.246 e. The van der Waals surface area contributed by atoms with Crippen LogP contribution < -0.4 is 5.32 Å². The number of rotatable bonds is 5. The number of aromatic nitrogens is 4. The molecule has 2 aromatic heterocycles. The number of carbonyl (C=O) groups is 1. The zero-order valence-electron chi connectivity index (χ0n) is 13.0. The fraction of sp³-hybridized carbons (Fsp3) is 0.188. The fourth-order valence-corrected chi connectivity index (χ4v) is 2.63. The molecule has 0 aliphatic carbocycles. The van der Waals surface area contributed by atoms with Crippen LogP contribution in [0.1, 0.15) is 12.7 Å². The highest BCUT2D eigenvalue weighted by atomic mass is 32.1. The molecule has 3 rings (SSSR count). The Morgan fingerprint density at radius 2 is 1.92 bits per heavy atom. The molecule has 3 aromatic rings. The monoisotopic (exact) mass is 345 g/mol. The first-order chi connectivity index (χ1) is 11.6. The number of halogens is 1. The standard InChI is InChI=1S/C16H16FN5OS/c1-2-14-19-21(16(24)22(14)20-9-3-4-10-20)11-15(23)18-13-7-5-12(17)6-8-13/h3-10H,2,11H2,1H3,(H,18,23). The molecular formula is C16H16FN5OS. The van der Waals surface area contributed by atoms with Gasteiger partial charge in [-0.2, -0.15) is 5.10 Å². The first-order valence-electron chi connectivity index (χ1n) is 7.46. The van der Waals surface area contributed by atoms with E-state index >= 15 is 0 Å². The fourth-order valence-electron chi connectivity index (χ4n) is 2.33. The number of amides is 1. The van der Waals surface area contributed by atoms with Crippen molar-refractivity contribution in [3.63, 3.8) is 0 Å². The van der Waals surface area contributed by atoms with Crippen LogP contribution in [-0.4, -0.2) is 25.0 Å². The summed E-state index contributed by atoms with van der Waals surface area (Å²) in [4.78, 5) is 12.2. The number of nitrogens with one attached hydrogen (secondary N) is 1. The van der Waals surface area contributed by atoms with Gasteiger partial charge >= 0.3 is 0 Å². The summed E-state index contributed by atoms with van der Waals surface area (Å²) in [7, 11) is 0. The van der Waals surface area contributed by atoms with Gasteiger partial charge in [0.2, 0.25) is 10.7 Å². The molecular weight excluding hydrogens is 329 g/mol. The highest BCUT2D eigenvalue weighted by molar-refractivity contribution is 7.71. The van der Waals surface area contributed by atoms with E-state index in [9.17, 15) is 9.18 Å². The van der Waals surface area contributed by atoms with Crippen LogP contribution in [0.5, 0.6) is 0 Å². The van der Waals surface area contributed by atoms with Crippen LogP contribution in [0.2, 0.25) is 0 Å². The van der Waals surface area contributed by atoms with Gasteiger partial charge in [-0.3, -0.25) is 9.47 Å². The van der Waals surface area contributed by atoms with E-state index in [0.717, 1.165) is 5.82 Å². The molecule has 0 saturated carbocycles. The average Bonchev–Trinajstić information content (AvgIpc) is 3.18. The van der Waals surface area contributed by atoms with Gasteiger partial charge in [-0.05, 0) is 48.6 Å². The van der Waals surface area contributed by atoms with Crippen molar-refractivity contribution in [1.29, 1.82) is 0 Å². The second-order valence-electron chi connectivity index (χ2n) is 5.14. The minimum atomic E-state index is -0.353. The molecule has 0 atom stereocenters. The molecule has 2 heterocycles. The Balaban J connectivity index is 1.81. The van der Waals surface area contributed by atoms with Crippen molar-refractivity contribution in [3.8, 4) is 0 Å². The van der Waals surface area contributed by atoms with Crippen molar-refractivity contribution in [3.05, 3.63) is 65.2 Å². The molecule has 1 amide bonds. The molecule has 1 aromatic carbocycles. The van der Waals surface area contributed by atoms with Crippen LogP contribution in [0, 0.1) is 10.6 Å². The Hall–Kier alpha value is -2.74. The van der Waals surface area contributed by atoms with Crippen LogP contribution in [0.15, 0.2) is 48.8 Å². The SMILES string of the molecule is CCc1nn(CC(=O)Nc2ccc(F)cc2)c(=S)n1-n1cccc1. The number of hydrogen-bond acceptors (Lipinski definition) is 3. The maximum atomic E-state index is 12.9. The number of benzene rings is 1. The van der Waals surface area contributed by atoms with Crippen molar-refractivity contribution in [2.45, 2.75) is 19.9 Å². The van der Waals surface area contributed by atoms with Gasteiger partial charge in [0, 0.05) is 24.5 Å². The highest BCUT2D eigenvalue weighted by Gasteiger charge is 2.13. The van der Waals surface area contributed by atoms with Crippen molar-refractivity contribution < 1.29 is 9.18 Å². The lowest BCUT2D eigenvalue weighted by Crippen LogP contribution is -2.20. The minimum Gasteiger partial charge on any atom is -0.324 e. The second kappa shape index (κ2) is 6.79. The summed E-state index contributed by atoms with van der Waals surface area (Å²) in [5.41, 5.74) is 0.522. The molecule has 0 spiro atoms. The van der Waals surface area contributed by atoms with Crippen molar-refractivity contribution in [1.82, 2.24) is 19.1 Å². The summed E-state index contributed by atoms with van der Waals surface area (Å²) >= 11 is 5.44. The Kier molecular flexibility index (Phi) is 4.57. The van der Waals surface area contributed by atoms with Crippen LogP contribution in [0.25, 0.3) is 0 Å². The first kappa shape index (κ1) is 16.1. The third-order valence-electron chi connectivity index (χ3n) is 3.44. The van der Waals surface area contributed by atoms with Gasteiger partial charge < -0.3 is 5.32 Å². The van der Waals surface area contributed by atoms with E-state index in [-0.39, 0.29) is 18.3 Å². The van der Waals surface area contributed by atoms with Gasteiger partial charge in [0.1, 0.15) is 12.4 Å². The molecule has 0 saturated heterocycles. The van der Waals surface area contributed by atoms with Gasteiger partial charge in [0.15, 0.2) is 5.82 Å². The first-order valence-corrected chi connectivity index (χ1v) is 7.87. The quantitative estimate of drug-likeness (QED) is 0.724. The third kappa shape index (κ3) is 3.28. The van der Waals surface area contributed by atoms with E-state index in [4.69, 9.17) is 12.2 Å². The second-order valence-corrected chi connectivity index (χ2v) is 5.51. The Bertz CT molecular complexity index is 896. The zero-order valence-corrected chi connectivity index (χ0v) is 13.8. The molecule has 0 unspecified atom stereocenters. The van der Waals surface area contributed by atoms with Crippen molar-refractivity contribution in [2.24, 2.45) is 0 Å². The summed E-state index contributed by atoms with van der Waals surface area (Å²) in [6.07, 6.45) is 4.40. The van der Waals surface area contributed by atoms with Gasteiger partial charge in [-0.15, -0.1) is 0 Å². The van der Waals surface area contributed by atoms with E-state index in [2.05, 4.69) is 10.4 Å². The summed E-state index contributed by atoms with van der Waals surface area (Å²) in [5, 5.41) is 7.11. The topological polar surface area (TPSA) is 56.8 Å². The predicted molar refractivity (Wildman–Crippen MR) is 90.7 cm³/mol. The molecule has 0 aliphatic heterocycles. The Morgan fingerprint density at radius 3 is 2.54 bits per heavy atom. The molecule has 0 radical (unpaired) electrons. The van der Waals surface area contributed by atoms with Crippen LogP contribution >= 0.6 is 12.2 Å². The van der Waals surface area contributed by atoms with Crippen molar-refractivity contribution in [2.75, 3.05) is 5.32 Å². The predicted octanol–water partition coefficient (Wildman–Crippen LogP) is 2.87. The zero-order chi connectivity index (χ0) is 17.1. The number of hydrogen-bond donors (Lipinski definition) is 1. The lowest BCUT2D eigenvalue weighted by atomic mass is 10.3. The van der Waals surface area contributed by atoms with Crippen LogP contribution in [0.3, 0.4) is 0 Å². The highest BCUT2D eigenvalue weighted by Crippen LogP contribution is 2.09. The van der Waals surface area contributed by atoms with E-state index in [1.807, 2.05) is 36.1 Å². The number of anilines is 1. The average molecular weight is 345 g/mol. The van der Waals surface area contributed by atoms with Gasteiger partial charge in [-0.25, -0.2) is 13.7 Å². The third-order valence-corrected chi connectivity index (χ3v) is 3.82. The van der Waals surface area contributed by atoms with Crippen LogP contribution in [-0.2, 0) is 17.8 Å². The summed E-state index contributed by atoms with van der Waals surface area (Å²) in [5.74, 6) is 0.122. The summed E-state index contributed by atoms with van der Waals surface area (Å²) in [6, 6.07) is 9.36. The largest absolute Gasteiger partial charge is 0.324 e. The number of aryl methyl sites for hydroxylation is 1. The molecule has 24 heavy (non-hydrogen) atoms. The van der Waals surface area contributed by atoms with E-state index in [1.54, 1.807) is 4.68 Å².